The van der Waals surface area contributed by atoms with E-state index >= 15 is 0 Å². The zero-order chi connectivity index (χ0) is 18.3. The van der Waals surface area contributed by atoms with Gasteiger partial charge in [-0.15, -0.1) is 5.11 Å². The molecule has 0 bridgehead atoms. The molecule has 134 valence electrons. The lowest BCUT2D eigenvalue weighted by molar-refractivity contribution is 0.541. The van der Waals surface area contributed by atoms with Crippen LogP contribution in [0.2, 0.25) is 0 Å². The molecule has 3 heterocycles. The van der Waals surface area contributed by atoms with Crippen molar-refractivity contribution in [2.24, 2.45) is 17.3 Å². The van der Waals surface area contributed by atoms with Gasteiger partial charge in [0.15, 0.2) is 11.2 Å². The minimum Gasteiger partial charge on any atom is -0.299 e. The van der Waals surface area contributed by atoms with Gasteiger partial charge in [-0.25, -0.2) is 4.79 Å². The number of imidazole rings is 1. The predicted octanol–water partition coefficient (Wildman–Crippen LogP) is 2.02. The van der Waals surface area contributed by atoms with Gasteiger partial charge in [0.1, 0.15) is 0 Å². The van der Waals surface area contributed by atoms with Gasteiger partial charge in [-0.05, 0) is 25.3 Å². The largest absolute Gasteiger partial charge is 0.332 e. The summed E-state index contributed by atoms with van der Waals surface area (Å²) in [6.07, 6.45) is 1.52. The molecule has 1 aliphatic heterocycles. The van der Waals surface area contributed by atoms with Crippen LogP contribution in [0, 0.1) is 0 Å². The first-order valence-electron chi connectivity index (χ1n) is 8.71. The highest BCUT2D eigenvalue weighted by Crippen LogP contribution is 2.23. The molecule has 0 fully saturated rings. The fourth-order valence-electron chi connectivity index (χ4n) is 3.34. The summed E-state index contributed by atoms with van der Waals surface area (Å²) in [5.41, 5.74) is 1.32. The third-order valence-corrected chi connectivity index (χ3v) is 4.69. The summed E-state index contributed by atoms with van der Waals surface area (Å²) in [6, 6.07) is 10.0. The van der Waals surface area contributed by atoms with Crippen LogP contribution in [-0.4, -0.2) is 24.7 Å². The maximum atomic E-state index is 13.0. The van der Waals surface area contributed by atoms with Gasteiger partial charge < -0.3 is 0 Å². The second-order valence-electron chi connectivity index (χ2n) is 6.65. The van der Waals surface area contributed by atoms with Crippen LogP contribution in [-0.2, 0) is 26.6 Å². The van der Waals surface area contributed by atoms with Crippen molar-refractivity contribution in [2.75, 3.05) is 0 Å². The first-order chi connectivity index (χ1) is 12.6. The highest BCUT2D eigenvalue weighted by atomic mass is 16.2. The highest BCUT2D eigenvalue weighted by Gasteiger charge is 2.23. The van der Waals surface area contributed by atoms with E-state index in [0.29, 0.717) is 36.6 Å². The van der Waals surface area contributed by atoms with Gasteiger partial charge >= 0.3 is 5.69 Å². The molecule has 0 N–H and O–H groups in total. The molecule has 1 unspecified atom stereocenters. The highest BCUT2D eigenvalue weighted by molar-refractivity contribution is 5.73. The number of azo groups is 1. The first-order valence-corrected chi connectivity index (χ1v) is 8.71. The van der Waals surface area contributed by atoms with E-state index in [-0.39, 0.29) is 17.3 Å². The summed E-state index contributed by atoms with van der Waals surface area (Å²) in [4.78, 5) is 30.0. The Kier molecular flexibility index (Phi) is 4.02. The summed E-state index contributed by atoms with van der Waals surface area (Å²) in [5, 5.41) is 8.17. The van der Waals surface area contributed by atoms with Crippen molar-refractivity contribution < 1.29 is 0 Å². The summed E-state index contributed by atoms with van der Waals surface area (Å²) in [5.74, 6) is 0.382. The number of fused-ring (bicyclic) bond motifs is 3. The maximum absolute atomic E-state index is 13.0. The molecule has 0 radical (unpaired) electrons. The Balaban J connectivity index is 1.73. The van der Waals surface area contributed by atoms with Crippen molar-refractivity contribution >= 4 is 17.1 Å². The average Bonchev–Trinajstić information content (AvgIpc) is 3.02. The van der Waals surface area contributed by atoms with E-state index < -0.39 is 0 Å². The van der Waals surface area contributed by atoms with E-state index in [0.717, 1.165) is 6.42 Å². The van der Waals surface area contributed by atoms with E-state index in [1.807, 2.05) is 37.3 Å². The fraction of sp³-hybridized carbons (Fsp3) is 0.389. The number of aryl methyl sites for hydroxylation is 2. The Hall–Kier alpha value is -3.03. The number of rotatable bonds is 4. The first kappa shape index (κ1) is 16.4. The lowest BCUT2D eigenvalue weighted by Gasteiger charge is -2.13. The van der Waals surface area contributed by atoms with E-state index in [2.05, 4.69) is 15.2 Å². The molecule has 2 aromatic heterocycles. The number of benzene rings is 1. The second-order valence-corrected chi connectivity index (χ2v) is 6.65. The molecule has 26 heavy (non-hydrogen) atoms. The summed E-state index contributed by atoms with van der Waals surface area (Å²) < 4.78 is 4.49. The van der Waals surface area contributed by atoms with Crippen molar-refractivity contribution in [3.63, 3.8) is 0 Å². The van der Waals surface area contributed by atoms with Crippen LogP contribution in [0.4, 0.5) is 5.95 Å². The van der Waals surface area contributed by atoms with Crippen molar-refractivity contribution in [2.45, 2.75) is 38.9 Å². The van der Waals surface area contributed by atoms with Crippen LogP contribution in [0.1, 0.15) is 18.9 Å². The predicted molar refractivity (Wildman–Crippen MR) is 98.0 cm³/mol. The molecule has 3 aromatic rings. The van der Waals surface area contributed by atoms with E-state index in [1.165, 1.54) is 14.7 Å². The van der Waals surface area contributed by atoms with Crippen LogP contribution >= 0.6 is 0 Å². The van der Waals surface area contributed by atoms with Gasteiger partial charge in [0.05, 0.1) is 12.6 Å². The van der Waals surface area contributed by atoms with Crippen LogP contribution in [0.3, 0.4) is 0 Å². The second kappa shape index (κ2) is 6.36. The van der Waals surface area contributed by atoms with E-state index in [9.17, 15) is 9.59 Å². The quantitative estimate of drug-likeness (QED) is 0.720. The Bertz CT molecular complexity index is 1110. The van der Waals surface area contributed by atoms with Crippen molar-refractivity contribution in [1.82, 2.24) is 18.7 Å². The number of nitrogens with zero attached hydrogens (tertiary/aromatic N) is 6. The zero-order valence-electron chi connectivity index (χ0n) is 14.8. The van der Waals surface area contributed by atoms with Gasteiger partial charge in [0.2, 0.25) is 0 Å². The van der Waals surface area contributed by atoms with Crippen molar-refractivity contribution in [3.05, 3.63) is 56.7 Å². The molecule has 1 atom stereocenters. The van der Waals surface area contributed by atoms with E-state index in [1.54, 1.807) is 11.6 Å². The van der Waals surface area contributed by atoms with Crippen molar-refractivity contribution in [1.29, 1.82) is 0 Å². The monoisotopic (exact) mass is 352 g/mol. The molecule has 0 saturated heterocycles. The van der Waals surface area contributed by atoms with Gasteiger partial charge in [0.25, 0.3) is 11.5 Å². The SMILES string of the molecule is CC1Cn2c(nc3c2c(=O)n(CCCc2ccccc2)c(=O)n3C)N=N1. The van der Waals surface area contributed by atoms with Crippen LogP contribution in [0.15, 0.2) is 50.1 Å². The molecular formula is C18H20N6O2. The Morgan fingerprint density at radius 2 is 1.96 bits per heavy atom. The van der Waals surface area contributed by atoms with Crippen molar-refractivity contribution in [3.8, 4) is 0 Å². The zero-order valence-corrected chi connectivity index (χ0v) is 14.8. The Morgan fingerprint density at radius 3 is 2.73 bits per heavy atom. The third kappa shape index (κ3) is 2.67. The molecule has 0 amide bonds. The molecular weight excluding hydrogens is 332 g/mol. The third-order valence-electron chi connectivity index (χ3n) is 4.69. The lowest BCUT2D eigenvalue weighted by atomic mass is 10.1. The molecule has 8 heteroatoms. The number of hydrogen-bond acceptors (Lipinski definition) is 5. The minimum absolute atomic E-state index is 0.0249. The van der Waals surface area contributed by atoms with Gasteiger partial charge in [-0.2, -0.15) is 10.1 Å². The smallest absolute Gasteiger partial charge is 0.299 e. The molecule has 4 rings (SSSR count). The number of aromatic nitrogens is 4. The van der Waals surface area contributed by atoms with Crippen LogP contribution < -0.4 is 11.2 Å². The van der Waals surface area contributed by atoms with E-state index in [4.69, 9.17) is 0 Å². The van der Waals surface area contributed by atoms with Gasteiger partial charge in [-0.3, -0.25) is 18.5 Å². The Labute approximate surface area is 149 Å². The average molecular weight is 352 g/mol. The maximum Gasteiger partial charge on any atom is 0.332 e. The summed E-state index contributed by atoms with van der Waals surface area (Å²) in [7, 11) is 1.64. The standard InChI is InChI=1S/C18H20N6O2/c1-12-11-24-14-15(19-17(24)21-20-12)22(2)18(26)23(16(14)25)10-6-9-13-7-4-3-5-8-13/h3-5,7-8,12H,6,9-11H2,1-2H3. The molecule has 0 saturated carbocycles. The number of hydrogen-bond donors (Lipinski definition) is 0. The fourth-order valence-corrected chi connectivity index (χ4v) is 3.34. The molecule has 0 aliphatic carbocycles. The normalized spacial score (nSPS) is 16.2. The summed E-state index contributed by atoms with van der Waals surface area (Å²) >= 11 is 0. The van der Waals surface area contributed by atoms with Gasteiger partial charge in [0, 0.05) is 13.6 Å². The topological polar surface area (TPSA) is 86.5 Å². The minimum atomic E-state index is -0.351. The summed E-state index contributed by atoms with van der Waals surface area (Å²) in [6.45, 7) is 2.83. The lowest BCUT2D eigenvalue weighted by Crippen LogP contribution is -2.40. The molecule has 8 nitrogen and oxygen atoms in total. The van der Waals surface area contributed by atoms with Crippen LogP contribution in [0.25, 0.3) is 11.2 Å². The van der Waals surface area contributed by atoms with Crippen LogP contribution in [0.5, 0.6) is 0 Å². The van der Waals surface area contributed by atoms with Gasteiger partial charge in [-0.1, -0.05) is 30.3 Å². The molecule has 1 aliphatic rings. The Morgan fingerprint density at radius 1 is 1.19 bits per heavy atom. The molecule has 1 aromatic carbocycles. The molecule has 0 spiro atoms.